The van der Waals surface area contributed by atoms with Crippen LogP contribution in [0, 0.1) is 25.5 Å². The zero-order chi connectivity index (χ0) is 32.2. The Morgan fingerprint density at radius 3 is 2.52 bits per heavy atom. The summed E-state index contributed by atoms with van der Waals surface area (Å²) in [5.41, 5.74) is 2.54. The SMILES string of the molecule is Cc1nc(C)c(-c2ccc(F)cc2)c(O)c1C(=O)Nc1ccc(Oc2ccnc3ccc(OCCN4CCOCC4)nc23)c(F)c1. The number of nitrogens with zero attached hydrogens (tertiary/aromatic N) is 4. The van der Waals surface area contributed by atoms with Gasteiger partial charge in [-0.3, -0.25) is 19.7 Å². The Morgan fingerprint density at radius 2 is 1.76 bits per heavy atom. The van der Waals surface area contributed by atoms with Crippen molar-refractivity contribution < 1.29 is 32.9 Å². The number of carbonyl (C=O) groups is 1. The Kier molecular flexibility index (Phi) is 8.99. The lowest BCUT2D eigenvalue weighted by Gasteiger charge is -2.26. The first-order chi connectivity index (χ1) is 22.3. The molecule has 5 aromatic rings. The van der Waals surface area contributed by atoms with Crippen LogP contribution in [0.1, 0.15) is 21.7 Å². The van der Waals surface area contributed by atoms with Crippen LogP contribution in [0.25, 0.3) is 22.2 Å². The predicted octanol–water partition coefficient (Wildman–Crippen LogP) is 6.05. The molecule has 46 heavy (non-hydrogen) atoms. The second kappa shape index (κ2) is 13.4. The third kappa shape index (κ3) is 6.72. The molecule has 1 fully saturated rings. The average molecular weight is 628 g/mol. The van der Waals surface area contributed by atoms with E-state index in [-0.39, 0.29) is 34.2 Å². The maximum absolute atomic E-state index is 15.3. The number of hydrogen-bond acceptors (Lipinski definition) is 9. The van der Waals surface area contributed by atoms with E-state index in [0.717, 1.165) is 25.7 Å². The van der Waals surface area contributed by atoms with Gasteiger partial charge in [-0.1, -0.05) is 12.1 Å². The van der Waals surface area contributed by atoms with Crippen LogP contribution in [-0.4, -0.2) is 70.3 Å². The standard InChI is InChI=1S/C34H31F2N5O5/c1-20-30(22-3-5-23(35)6-4-22)33(42)31(21(2)38-20)34(43)39-24-7-9-27(25(36)19-24)46-28-11-12-37-26-8-10-29(40-32(26)28)45-18-15-41-13-16-44-17-14-41/h3-12,19H,13-18H2,1-2H3,(H,38,42)(H,39,43). The summed E-state index contributed by atoms with van der Waals surface area (Å²) in [5.74, 6) is -1.60. The summed E-state index contributed by atoms with van der Waals surface area (Å²) in [6.45, 7) is 7.57. The van der Waals surface area contributed by atoms with E-state index < -0.39 is 17.5 Å². The van der Waals surface area contributed by atoms with E-state index in [4.69, 9.17) is 14.2 Å². The molecule has 0 aliphatic carbocycles. The molecule has 0 unspecified atom stereocenters. The van der Waals surface area contributed by atoms with Crippen LogP contribution in [0.2, 0.25) is 0 Å². The second-order valence-corrected chi connectivity index (χ2v) is 10.7. The second-order valence-electron chi connectivity index (χ2n) is 10.7. The van der Waals surface area contributed by atoms with Gasteiger partial charge in [0.15, 0.2) is 17.3 Å². The molecule has 2 N–H and O–H groups in total. The Labute approximate surface area is 263 Å². The third-order valence-corrected chi connectivity index (χ3v) is 7.58. The summed E-state index contributed by atoms with van der Waals surface area (Å²) in [6, 6.07) is 14.5. The van der Waals surface area contributed by atoms with E-state index >= 15 is 4.39 Å². The van der Waals surface area contributed by atoms with Crippen molar-refractivity contribution in [1.82, 2.24) is 19.9 Å². The number of aromatic hydroxyl groups is 1. The first-order valence-corrected chi connectivity index (χ1v) is 14.7. The van der Waals surface area contributed by atoms with Crippen molar-refractivity contribution >= 4 is 22.6 Å². The highest BCUT2D eigenvalue weighted by molar-refractivity contribution is 6.08. The molecule has 1 saturated heterocycles. The summed E-state index contributed by atoms with van der Waals surface area (Å²) in [4.78, 5) is 28.8. The Balaban J connectivity index is 1.18. The van der Waals surface area contributed by atoms with Crippen LogP contribution in [0.4, 0.5) is 14.5 Å². The van der Waals surface area contributed by atoms with Crippen molar-refractivity contribution in [3.8, 4) is 34.3 Å². The van der Waals surface area contributed by atoms with Crippen molar-refractivity contribution in [3.63, 3.8) is 0 Å². The zero-order valence-corrected chi connectivity index (χ0v) is 25.2. The number of halogens is 2. The number of amides is 1. The maximum atomic E-state index is 15.3. The van der Waals surface area contributed by atoms with Gasteiger partial charge in [0.25, 0.3) is 5.91 Å². The van der Waals surface area contributed by atoms with Gasteiger partial charge in [0.05, 0.1) is 24.4 Å². The minimum absolute atomic E-state index is 0.0806. The molecule has 4 heterocycles. The van der Waals surface area contributed by atoms with Crippen molar-refractivity contribution in [2.24, 2.45) is 0 Å². The summed E-state index contributed by atoms with van der Waals surface area (Å²) >= 11 is 0. The van der Waals surface area contributed by atoms with E-state index in [1.54, 1.807) is 32.0 Å². The molecule has 0 bridgehead atoms. The Morgan fingerprint density at radius 1 is 0.978 bits per heavy atom. The molecular weight excluding hydrogens is 596 g/mol. The van der Waals surface area contributed by atoms with Gasteiger partial charge in [0.1, 0.15) is 29.3 Å². The number of carbonyl (C=O) groups excluding carboxylic acids is 1. The lowest BCUT2D eigenvalue weighted by molar-refractivity contribution is 0.0320. The molecule has 1 aliphatic rings. The van der Waals surface area contributed by atoms with Crippen molar-refractivity contribution in [1.29, 1.82) is 0 Å². The highest BCUT2D eigenvalue weighted by Crippen LogP contribution is 2.37. The molecule has 10 nitrogen and oxygen atoms in total. The molecule has 1 aliphatic heterocycles. The number of ether oxygens (including phenoxy) is 3. The van der Waals surface area contributed by atoms with Crippen LogP contribution in [0.3, 0.4) is 0 Å². The fourth-order valence-electron chi connectivity index (χ4n) is 5.29. The molecule has 0 spiro atoms. The summed E-state index contributed by atoms with van der Waals surface area (Å²) in [5, 5.41) is 13.7. The van der Waals surface area contributed by atoms with Crippen molar-refractivity contribution in [2.75, 3.05) is 44.8 Å². The Hall–Kier alpha value is -5.20. The lowest BCUT2D eigenvalue weighted by Crippen LogP contribution is -2.38. The number of aryl methyl sites for hydroxylation is 2. The van der Waals surface area contributed by atoms with E-state index in [1.807, 2.05) is 0 Å². The topological polar surface area (TPSA) is 119 Å². The van der Waals surface area contributed by atoms with Gasteiger partial charge in [-0.2, -0.15) is 0 Å². The van der Waals surface area contributed by atoms with Crippen LogP contribution in [0.5, 0.6) is 23.1 Å². The van der Waals surface area contributed by atoms with E-state index in [2.05, 4.69) is 25.2 Å². The number of aromatic nitrogens is 3. The zero-order valence-electron chi connectivity index (χ0n) is 25.2. The van der Waals surface area contributed by atoms with Gasteiger partial charge in [0.2, 0.25) is 5.88 Å². The first-order valence-electron chi connectivity index (χ1n) is 14.7. The molecule has 0 radical (unpaired) electrons. The minimum Gasteiger partial charge on any atom is -0.506 e. The van der Waals surface area contributed by atoms with E-state index in [1.165, 1.54) is 42.6 Å². The molecule has 236 valence electrons. The number of hydrogen-bond donors (Lipinski definition) is 2. The van der Waals surface area contributed by atoms with Gasteiger partial charge in [0, 0.05) is 61.0 Å². The highest BCUT2D eigenvalue weighted by atomic mass is 19.1. The molecule has 12 heteroatoms. The molecule has 0 atom stereocenters. The third-order valence-electron chi connectivity index (χ3n) is 7.58. The first kappa shape index (κ1) is 30.8. The fraction of sp³-hybridized carbons (Fsp3) is 0.235. The van der Waals surface area contributed by atoms with Crippen molar-refractivity contribution in [3.05, 3.63) is 95.4 Å². The number of rotatable bonds is 9. The minimum atomic E-state index is -0.740. The molecular formula is C34H31F2N5O5. The van der Waals surface area contributed by atoms with Crippen LogP contribution in [-0.2, 0) is 4.74 Å². The average Bonchev–Trinajstić information content (AvgIpc) is 3.04. The van der Waals surface area contributed by atoms with Crippen LogP contribution >= 0.6 is 0 Å². The van der Waals surface area contributed by atoms with Crippen LogP contribution < -0.4 is 14.8 Å². The quantitative estimate of drug-likeness (QED) is 0.201. The smallest absolute Gasteiger partial charge is 0.261 e. The molecule has 6 rings (SSSR count). The predicted molar refractivity (Wildman–Crippen MR) is 167 cm³/mol. The summed E-state index contributed by atoms with van der Waals surface area (Å²) in [7, 11) is 0. The van der Waals surface area contributed by atoms with Gasteiger partial charge < -0.3 is 24.6 Å². The number of morpholine rings is 1. The molecule has 2 aromatic carbocycles. The fourth-order valence-corrected chi connectivity index (χ4v) is 5.29. The Bertz CT molecular complexity index is 1900. The largest absolute Gasteiger partial charge is 0.506 e. The lowest BCUT2D eigenvalue weighted by atomic mass is 9.98. The van der Waals surface area contributed by atoms with E-state index in [0.29, 0.717) is 53.6 Å². The number of benzene rings is 2. The summed E-state index contributed by atoms with van der Waals surface area (Å²) < 4.78 is 45.9. The monoisotopic (exact) mass is 627 g/mol. The van der Waals surface area contributed by atoms with Gasteiger partial charge >= 0.3 is 0 Å². The number of nitrogens with one attached hydrogen (secondary N) is 1. The number of pyridine rings is 3. The number of fused-ring (bicyclic) bond motifs is 1. The van der Waals surface area contributed by atoms with E-state index in [9.17, 15) is 14.3 Å². The highest BCUT2D eigenvalue weighted by Gasteiger charge is 2.23. The molecule has 1 amide bonds. The molecule has 0 saturated carbocycles. The molecule has 3 aromatic heterocycles. The summed E-state index contributed by atoms with van der Waals surface area (Å²) in [6.07, 6.45) is 1.54. The van der Waals surface area contributed by atoms with Gasteiger partial charge in [-0.05, 0) is 49.7 Å². The van der Waals surface area contributed by atoms with Crippen molar-refractivity contribution in [2.45, 2.75) is 13.8 Å². The van der Waals surface area contributed by atoms with Gasteiger partial charge in [-0.15, -0.1) is 0 Å². The van der Waals surface area contributed by atoms with Crippen LogP contribution in [0.15, 0.2) is 66.9 Å². The van der Waals surface area contributed by atoms with Gasteiger partial charge in [-0.25, -0.2) is 13.8 Å². The normalized spacial score (nSPS) is 13.5. The maximum Gasteiger partial charge on any atom is 0.261 e. The number of anilines is 1.